The van der Waals surface area contributed by atoms with Crippen molar-refractivity contribution in [3.8, 4) is 5.75 Å². The molecule has 2 amide bonds. The van der Waals surface area contributed by atoms with Gasteiger partial charge in [0.05, 0.1) is 12.9 Å². The molecule has 132 valence electrons. The summed E-state index contributed by atoms with van der Waals surface area (Å²) in [6, 6.07) is 14.7. The fraction of sp³-hybridized carbons (Fsp3) is 0.263. The van der Waals surface area contributed by atoms with E-state index in [2.05, 4.69) is 10.6 Å². The van der Waals surface area contributed by atoms with Gasteiger partial charge in [0.15, 0.2) is 0 Å². The van der Waals surface area contributed by atoms with Gasteiger partial charge in [0.2, 0.25) is 11.8 Å². The summed E-state index contributed by atoms with van der Waals surface area (Å²) in [5.74, 6) is 0.949. The first kappa shape index (κ1) is 18.9. The van der Waals surface area contributed by atoms with E-state index in [1.54, 1.807) is 31.4 Å². The number of rotatable bonds is 8. The van der Waals surface area contributed by atoms with Crippen LogP contribution in [0.4, 0.5) is 11.4 Å². The van der Waals surface area contributed by atoms with E-state index in [1.165, 1.54) is 11.8 Å². The Hall–Kier alpha value is -2.47. The van der Waals surface area contributed by atoms with Crippen molar-refractivity contribution < 1.29 is 14.3 Å². The lowest BCUT2D eigenvalue weighted by Gasteiger charge is -2.08. The van der Waals surface area contributed by atoms with Gasteiger partial charge in [-0.3, -0.25) is 9.59 Å². The lowest BCUT2D eigenvalue weighted by molar-refractivity contribution is -0.116. The second-order valence-corrected chi connectivity index (χ2v) is 6.44. The summed E-state index contributed by atoms with van der Waals surface area (Å²) >= 11 is 1.42. The van der Waals surface area contributed by atoms with E-state index in [4.69, 9.17) is 4.74 Å². The zero-order valence-corrected chi connectivity index (χ0v) is 15.2. The summed E-state index contributed by atoms with van der Waals surface area (Å²) in [4.78, 5) is 24.6. The highest BCUT2D eigenvalue weighted by molar-refractivity contribution is 8.00. The zero-order valence-electron chi connectivity index (χ0n) is 14.4. The molecule has 0 atom stereocenters. The molecule has 25 heavy (non-hydrogen) atoms. The van der Waals surface area contributed by atoms with Gasteiger partial charge < -0.3 is 15.4 Å². The highest BCUT2D eigenvalue weighted by Gasteiger charge is 2.06. The number of carbonyl (C=O) groups excluding carboxylic acids is 2. The van der Waals surface area contributed by atoms with Gasteiger partial charge >= 0.3 is 0 Å². The van der Waals surface area contributed by atoms with Crippen LogP contribution in [0.1, 0.15) is 19.8 Å². The van der Waals surface area contributed by atoms with Gasteiger partial charge in [-0.15, -0.1) is 11.8 Å². The van der Waals surface area contributed by atoms with Gasteiger partial charge in [0.25, 0.3) is 0 Å². The van der Waals surface area contributed by atoms with Gasteiger partial charge in [0, 0.05) is 22.7 Å². The molecule has 0 aliphatic heterocycles. The van der Waals surface area contributed by atoms with Crippen molar-refractivity contribution in [3.63, 3.8) is 0 Å². The Labute approximate surface area is 152 Å². The summed E-state index contributed by atoms with van der Waals surface area (Å²) in [6.07, 6.45) is 1.31. The van der Waals surface area contributed by atoms with Crippen LogP contribution in [0.25, 0.3) is 0 Å². The smallest absolute Gasteiger partial charge is 0.234 e. The molecule has 2 rings (SSSR count). The van der Waals surface area contributed by atoms with Crippen molar-refractivity contribution in [3.05, 3.63) is 48.5 Å². The fourth-order valence-corrected chi connectivity index (χ4v) is 2.89. The molecule has 0 radical (unpaired) electrons. The minimum absolute atomic E-state index is 0.00176. The molecule has 5 nitrogen and oxygen atoms in total. The maximum atomic E-state index is 12.1. The molecule has 0 saturated heterocycles. The second-order valence-electron chi connectivity index (χ2n) is 5.39. The van der Waals surface area contributed by atoms with Gasteiger partial charge in [0.1, 0.15) is 5.75 Å². The Bertz CT molecular complexity index is 717. The van der Waals surface area contributed by atoms with Crippen LogP contribution in [0.2, 0.25) is 0 Å². The number of methoxy groups -OCH3 is 1. The first-order valence-corrected chi connectivity index (χ1v) is 9.06. The van der Waals surface area contributed by atoms with Gasteiger partial charge in [-0.1, -0.05) is 13.0 Å². The van der Waals surface area contributed by atoms with E-state index in [-0.39, 0.29) is 11.8 Å². The first-order valence-electron chi connectivity index (χ1n) is 8.07. The third-order valence-corrected chi connectivity index (χ3v) is 4.33. The summed E-state index contributed by atoms with van der Waals surface area (Å²) in [5.41, 5.74) is 1.48. The number of ether oxygens (including phenoxy) is 1. The summed E-state index contributed by atoms with van der Waals surface area (Å²) in [5, 5.41) is 5.70. The summed E-state index contributed by atoms with van der Waals surface area (Å²) in [6.45, 7) is 1.97. The summed E-state index contributed by atoms with van der Waals surface area (Å²) in [7, 11) is 1.60. The Morgan fingerprint density at radius 3 is 2.40 bits per heavy atom. The molecular formula is C19H22N2O3S. The normalized spacial score (nSPS) is 10.2. The standard InChI is InChI=1S/C19H22N2O3S/c1-3-5-18(22)21-15-6-4-7-17(12-15)25-13-19(23)20-14-8-10-16(24-2)11-9-14/h4,6-12H,3,5,13H2,1-2H3,(H,20,23)(H,21,22). The molecule has 0 heterocycles. The molecule has 2 N–H and O–H groups in total. The topological polar surface area (TPSA) is 67.4 Å². The molecule has 0 unspecified atom stereocenters. The number of carbonyl (C=O) groups is 2. The van der Waals surface area contributed by atoms with Crippen LogP contribution in [-0.4, -0.2) is 24.7 Å². The number of hydrogen-bond acceptors (Lipinski definition) is 4. The molecule has 2 aromatic carbocycles. The Balaban J connectivity index is 1.85. The van der Waals surface area contributed by atoms with Crippen LogP contribution in [0, 0.1) is 0 Å². The fourth-order valence-electron chi connectivity index (χ4n) is 2.13. The molecule has 0 aromatic heterocycles. The van der Waals surface area contributed by atoms with Gasteiger partial charge in [-0.25, -0.2) is 0 Å². The Morgan fingerprint density at radius 1 is 1.00 bits per heavy atom. The number of anilines is 2. The number of hydrogen-bond donors (Lipinski definition) is 2. The maximum Gasteiger partial charge on any atom is 0.234 e. The molecule has 0 aliphatic rings. The molecule has 0 saturated carbocycles. The molecule has 0 spiro atoms. The number of thioether (sulfide) groups is 1. The van der Waals surface area contributed by atoms with Crippen molar-refractivity contribution >= 4 is 35.0 Å². The zero-order chi connectivity index (χ0) is 18.1. The van der Waals surface area contributed by atoms with E-state index in [0.29, 0.717) is 12.2 Å². The maximum absolute atomic E-state index is 12.1. The van der Waals surface area contributed by atoms with Crippen molar-refractivity contribution in [2.24, 2.45) is 0 Å². The van der Waals surface area contributed by atoms with E-state index < -0.39 is 0 Å². The van der Waals surface area contributed by atoms with E-state index in [1.807, 2.05) is 31.2 Å². The molecule has 2 aromatic rings. The Morgan fingerprint density at radius 2 is 1.72 bits per heavy atom. The van der Waals surface area contributed by atoms with Gasteiger partial charge in [-0.05, 0) is 48.9 Å². The van der Waals surface area contributed by atoms with E-state index >= 15 is 0 Å². The van der Waals surface area contributed by atoms with E-state index in [0.717, 1.165) is 28.4 Å². The number of nitrogens with one attached hydrogen (secondary N) is 2. The molecule has 0 fully saturated rings. The van der Waals surface area contributed by atoms with Crippen LogP contribution in [0.5, 0.6) is 5.75 Å². The lowest BCUT2D eigenvalue weighted by Crippen LogP contribution is -2.14. The van der Waals surface area contributed by atoms with E-state index in [9.17, 15) is 9.59 Å². The minimum Gasteiger partial charge on any atom is -0.497 e. The second kappa shape index (κ2) is 9.74. The minimum atomic E-state index is -0.0874. The average Bonchev–Trinajstić information content (AvgIpc) is 2.61. The van der Waals surface area contributed by atoms with Crippen molar-refractivity contribution in [1.29, 1.82) is 0 Å². The molecule has 6 heteroatoms. The average molecular weight is 358 g/mol. The Kier molecular flexibility index (Phi) is 7.35. The number of amides is 2. The lowest BCUT2D eigenvalue weighted by atomic mass is 10.3. The third-order valence-electron chi connectivity index (χ3n) is 3.34. The van der Waals surface area contributed by atoms with Crippen molar-refractivity contribution in [1.82, 2.24) is 0 Å². The largest absolute Gasteiger partial charge is 0.497 e. The van der Waals surface area contributed by atoms with Crippen molar-refractivity contribution in [2.75, 3.05) is 23.5 Å². The monoisotopic (exact) mass is 358 g/mol. The predicted molar refractivity (Wildman–Crippen MR) is 102 cm³/mol. The quantitative estimate of drug-likeness (QED) is 0.695. The number of benzene rings is 2. The molecule has 0 aliphatic carbocycles. The molecular weight excluding hydrogens is 336 g/mol. The first-order chi connectivity index (χ1) is 12.1. The van der Waals surface area contributed by atoms with Crippen LogP contribution in [0.3, 0.4) is 0 Å². The molecule has 0 bridgehead atoms. The summed E-state index contributed by atoms with van der Waals surface area (Å²) < 4.78 is 5.09. The predicted octanol–water partition coefficient (Wildman–Crippen LogP) is 4.16. The highest BCUT2D eigenvalue weighted by Crippen LogP contribution is 2.22. The van der Waals surface area contributed by atoms with Gasteiger partial charge in [-0.2, -0.15) is 0 Å². The van der Waals surface area contributed by atoms with Crippen LogP contribution in [-0.2, 0) is 9.59 Å². The van der Waals surface area contributed by atoms with Crippen LogP contribution in [0.15, 0.2) is 53.4 Å². The SMILES string of the molecule is CCCC(=O)Nc1cccc(SCC(=O)Nc2ccc(OC)cc2)c1. The van der Waals surface area contributed by atoms with Crippen molar-refractivity contribution in [2.45, 2.75) is 24.7 Å². The van der Waals surface area contributed by atoms with Crippen LogP contribution < -0.4 is 15.4 Å². The third kappa shape index (κ3) is 6.51. The highest BCUT2D eigenvalue weighted by atomic mass is 32.2. The van der Waals surface area contributed by atoms with Crippen LogP contribution >= 0.6 is 11.8 Å².